The lowest BCUT2D eigenvalue weighted by Crippen LogP contribution is -2.14. The first-order valence-electron chi connectivity index (χ1n) is 7.50. The molecule has 1 heterocycles. The number of hydrogen-bond donors (Lipinski definition) is 2. The van der Waals surface area contributed by atoms with Crippen LogP contribution in [-0.2, 0) is 0 Å². The van der Waals surface area contributed by atoms with Crippen molar-refractivity contribution in [1.29, 1.82) is 0 Å². The molecule has 0 aliphatic carbocycles. The zero-order valence-electron chi connectivity index (χ0n) is 14.0. The highest BCUT2D eigenvalue weighted by molar-refractivity contribution is 6.35. The Labute approximate surface area is 159 Å². The van der Waals surface area contributed by atoms with Crippen LogP contribution in [0.25, 0.3) is 10.9 Å². The predicted octanol–water partition coefficient (Wildman–Crippen LogP) is 4.40. The summed E-state index contributed by atoms with van der Waals surface area (Å²) >= 11 is 12.1. The van der Waals surface area contributed by atoms with E-state index in [1.807, 2.05) is 0 Å². The maximum absolute atomic E-state index is 11.9. The molecule has 0 saturated carbocycles. The van der Waals surface area contributed by atoms with Crippen molar-refractivity contribution in [2.24, 2.45) is 5.73 Å². The molecule has 0 unspecified atom stereocenters. The third kappa shape index (κ3) is 3.47. The Hall–Kier alpha value is -2.70. The van der Waals surface area contributed by atoms with E-state index >= 15 is 0 Å². The molecule has 0 bridgehead atoms. The quantitative estimate of drug-likeness (QED) is 0.672. The minimum absolute atomic E-state index is 0.223. The molecule has 0 radical (unpaired) electrons. The van der Waals surface area contributed by atoms with Gasteiger partial charge in [-0.25, -0.2) is 0 Å². The summed E-state index contributed by atoms with van der Waals surface area (Å²) in [4.78, 5) is 16.2. The highest BCUT2D eigenvalue weighted by atomic mass is 35.5. The number of pyridine rings is 1. The number of benzene rings is 2. The lowest BCUT2D eigenvalue weighted by molar-refractivity contribution is 0.100. The lowest BCUT2D eigenvalue weighted by atomic mass is 10.1. The van der Waals surface area contributed by atoms with Crippen LogP contribution in [-0.4, -0.2) is 25.1 Å². The third-order valence-electron chi connectivity index (χ3n) is 3.77. The molecule has 0 aliphatic heterocycles. The zero-order valence-corrected chi connectivity index (χ0v) is 15.5. The molecule has 3 rings (SSSR count). The predicted molar refractivity (Wildman–Crippen MR) is 103 cm³/mol. The molecule has 1 amide bonds. The van der Waals surface area contributed by atoms with Gasteiger partial charge in [-0.3, -0.25) is 9.78 Å². The van der Waals surface area contributed by atoms with Crippen LogP contribution in [0.15, 0.2) is 36.5 Å². The van der Waals surface area contributed by atoms with Gasteiger partial charge in [0, 0.05) is 33.4 Å². The summed E-state index contributed by atoms with van der Waals surface area (Å²) in [6.45, 7) is 0. The van der Waals surface area contributed by atoms with Gasteiger partial charge in [0.25, 0.3) is 5.91 Å². The average Bonchev–Trinajstić information content (AvgIpc) is 2.59. The van der Waals surface area contributed by atoms with Gasteiger partial charge >= 0.3 is 0 Å². The highest BCUT2D eigenvalue weighted by Gasteiger charge is 2.17. The number of methoxy groups -OCH3 is 2. The van der Waals surface area contributed by atoms with E-state index in [2.05, 4.69) is 10.3 Å². The molecule has 0 spiro atoms. The van der Waals surface area contributed by atoms with E-state index < -0.39 is 5.91 Å². The second-order valence-electron chi connectivity index (χ2n) is 5.42. The maximum atomic E-state index is 11.9. The molecule has 0 aliphatic rings. The summed E-state index contributed by atoms with van der Waals surface area (Å²) in [5.41, 5.74) is 7.42. The Bertz CT molecular complexity index is 988. The Morgan fingerprint density at radius 1 is 1.04 bits per heavy atom. The van der Waals surface area contributed by atoms with E-state index in [9.17, 15) is 4.79 Å². The number of primary amides is 1. The van der Waals surface area contributed by atoms with Crippen molar-refractivity contribution in [3.8, 4) is 11.5 Å². The van der Waals surface area contributed by atoms with Crippen LogP contribution < -0.4 is 20.5 Å². The fourth-order valence-electron chi connectivity index (χ4n) is 2.61. The number of nitrogens with zero attached hydrogens (tertiary/aromatic N) is 1. The topological polar surface area (TPSA) is 86.5 Å². The van der Waals surface area contributed by atoms with Crippen LogP contribution in [0.2, 0.25) is 10.0 Å². The number of halogens is 2. The fraction of sp³-hybridized carbons (Fsp3) is 0.111. The van der Waals surface area contributed by atoms with Crippen LogP contribution >= 0.6 is 23.2 Å². The zero-order chi connectivity index (χ0) is 18.8. The van der Waals surface area contributed by atoms with Gasteiger partial charge in [-0.15, -0.1) is 0 Å². The van der Waals surface area contributed by atoms with Gasteiger partial charge in [0.05, 0.1) is 31.0 Å². The Morgan fingerprint density at radius 2 is 1.65 bits per heavy atom. The molecule has 26 heavy (non-hydrogen) atoms. The maximum Gasteiger partial charge on any atom is 0.252 e. The number of aromatic nitrogens is 1. The first-order valence-corrected chi connectivity index (χ1v) is 8.26. The molecule has 3 N–H and O–H groups in total. The van der Waals surface area contributed by atoms with E-state index in [-0.39, 0.29) is 5.56 Å². The van der Waals surface area contributed by atoms with Crippen LogP contribution in [0.3, 0.4) is 0 Å². The summed E-state index contributed by atoms with van der Waals surface area (Å²) in [7, 11) is 3.06. The molecule has 8 heteroatoms. The second-order valence-corrected chi connectivity index (χ2v) is 6.29. The number of nitrogens with two attached hydrogens (primary N) is 1. The monoisotopic (exact) mass is 391 g/mol. The molecule has 0 fully saturated rings. The number of ether oxygens (including phenoxy) is 2. The van der Waals surface area contributed by atoms with Crippen molar-refractivity contribution >= 4 is 51.4 Å². The summed E-state index contributed by atoms with van der Waals surface area (Å²) in [6, 6.07) is 8.43. The number of fused-ring (bicyclic) bond motifs is 1. The molecule has 2 aromatic carbocycles. The van der Waals surface area contributed by atoms with Gasteiger partial charge in [-0.05, 0) is 24.3 Å². The summed E-state index contributed by atoms with van der Waals surface area (Å²) in [5.74, 6) is 0.400. The van der Waals surface area contributed by atoms with Gasteiger partial charge in [-0.2, -0.15) is 0 Å². The van der Waals surface area contributed by atoms with E-state index in [1.165, 1.54) is 20.4 Å². The largest absolute Gasteiger partial charge is 0.493 e. The van der Waals surface area contributed by atoms with Crippen molar-refractivity contribution in [2.45, 2.75) is 0 Å². The average molecular weight is 392 g/mol. The number of carbonyl (C=O) groups excluding carboxylic acids is 1. The third-order valence-corrected chi connectivity index (χ3v) is 4.21. The summed E-state index contributed by atoms with van der Waals surface area (Å²) in [6.07, 6.45) is 1.41. The van der Waals surface area contributed by atoms with Crippen molar-refractivity contribution in [1.82, 2.24) is 4.98 Å². The molecule has 134 valence electrons. The van der Waals surface area contributed by atoms with E-state index in [1.54, 1.807) is 30.3 Å². The van der Waals surface area contributed by atoms with Gasteiger partial charge in [0.1, 0.15) is 0 Å². The Morgan fingerprint density at radius 3 is 2.23 bits per heavy atom. The van der Waals surface area contributed by atoms with Gasteiger partial charge in [0.2, 0.25) is 0 Å². The fourth-order valence-corrected chi connectivity index (χ4v) is 3.14. The van der Waals surface area contributed by atoms with Crippen molar-refractivity contribution in [2.75, 3.05) is 19.5 Å². The molecular formula is C18H15Cl2N3O3. The normalized spacial score (nSPS) is 10.6. The van der Waals surface area contributed by atoms with Crippen molar-refractivity contribution in [3.05, 3.63) is 52.1 Å². The lowest BCUT2D eigenvalue weighted by Gasteiger charge is -2.16. The van der Waals surface area contributed by atoms with Crippen LogP contribution in [0.5, 0.6) is 11.5 Å². The second kappa shape index (κ2) is 7.27. The van der Waals surface area contributed by atoms with Crippen molar-refractivity contribution in [3.63, 3.8) is 0 Å². The molecule has 3 aromatic rings. The molecular weight excluding hydrogens is 377 g/mol. The van der Waals surface area contributed by atoms with Crippen LogP contribution in [0.4, 0.5) is 11.4 Å². The number of rotatable bonds is 5. The number of nitrogens with one attached hydrogen (secondary N) is 1. The SMILES string of the molecule is COc1cc2ncc(C(N)=O)c(Nc3cc(Cl)cc(Cl)c3)c2cc1OC. The first kappa shape index (κ1) is 18.1. The molecule has 6 nitrogen and oxygen atoms in total. The number of anilines is 2. The Balaban J connectivity index is 2.25. The number of carbonyl (C=O) groups is 1. The highest BCUT2D eigenvalue weighted by Crippen LogP contribution is 2.37. The van der Waals surface area contributed by atoms with Crippen LogP contribution in [0.1, 0.15) is 10.4 Å². The number of amides is 1. The van der Waals surface area contributed by atoms with Gasteiger partial charge in [0.15, 0.2) is 11.5 Å². The summed E-state index contributed by atoms with van der Waals surface area (Å²) in [5, 5.41) is 4.71. The van der Waals surface area contributed by atoms with E-state index in [4.69, 9.17) is 38.4 Å². The molecule has 1 aromatic heterocycles. The number of hydrogen-bond acceptors (Lipinski definition) is 5. The minimum atomic E-state index is -0.621. The van der Waals surface area contributed by atoms with Crippen molar-refractivity contribution < 1.29 is 14.3 Å². The summed E-state index contributed by atoms with van der Waals surface area (Å²) < 4.78 is 10.6. The Kier molecular flexibility index (Phi) is 5.06. The first-order chi connectivity index (χ1) is 12.4. The van der Waals surface area contributed by atoms with Crippen LogP contribution in [0, 0.1) is 0 Å². The smallest absolute Gasteiger partial charge is 0.252 e. The van der Waals surface area contributed by atoms with E-state index in [0.29, 0.717) is 43.8 Å². The van der Waals surface area contributed by atoms with Gasteiger partial charge < -0.3 is 20.5 Å². The molecule has 0 atom stereocenters. The minimum Gasteiger partial charge on any atom is -0.493 e. The standard InChI is InChI=1S/C18H15Cl2N3O3/c1-25-15-6-12-14(7-16(15)26-2)22-8-13(18(21)24)17(12)23-11-4-9(19)3-10(20)5-11/h3-8H,1-2H3,(H2,21,24)(H,22,23). The van der Waals surface area contributed by atoms with Gasteiger partial charge in [-0.1, -0.05) is 23.2 Å². The van der Waals surface area contributed by atoms with E-state index in [0.717, 1.165) is 0 Å². The molecule has 0 saturated heterocycles.